The molecule has 5 nitrogen and oxygen atoms in total. The number of nitrogens with zero attached hydrogens (tertiary/aromatic N) is 3. The third kappa shape index (κ3) is 5.08. The summed E-state index contributed by atoms with van der Waals surface area (Å²) in [4.78, 5) is 9.19. The molecule has 0 aliphatic heterocycles. The van der Waals surface area contributed by atoms with Gasteiger partial charge in [-0.1, -0.05) is 18.2 Å². The van der Waals surface area contributed by atoms with Crippen molar-refractivity contribution in [3.8, 4) is 0 Å². The molecule has 2 N–H and O–H groups in total. The van der Waals surface area contributed by atoms with Crippen LogP contribution in [0.2, 0.25) is 0 Å². The molecule has 0 spiro atoms. The van der Waals surface area contributed by atoms with Gasteiger partial charge in [-0.2, -0.15) is 0 Å². The minimum absolute atomic E-state index is 0.803. The summed E-state index contributed by atoms with van der Waals surface area (Å²) in [6.07, 6.45) is 4.10. The summed E-state index contributed by atoms with van der Waals surface area (Å²) in [5.74, 6) is 0.886. The Morgan fingerprint density at radius 3 is 2.92 bits per heavy atom. The fraction of sp³-hybridized carbons (Fsp3) is 0.400. The van der Waals surface area contributed by atoms with Crippen LogP contribution in [-0.4, -0.2) is 35.1 Å². The lowest BCUT2D eigenvalue weighted by Gasteiger charge is -2.11. The number of guanidine groups is 1. The molecule has 0 bridgehead atoms. The largest absolute Gasteiger partial charge is 0.357 e. The number of para-hydroxylation sites is 1. The van der Waals surface area contributed by atoms with Crippen molar-refractivity contribution in [1.82, 2.24) is 20.2 Å². The molecule has 1 aromatic carbocycles. The molecular weight excluding hydrogens is 342 g/mol. The van der Waals surface area contributed by atoms with Crippen molar-refractivity contribution in [3.63, 3.8) is 0 Å². The monoisotopic (exact) mass is 369 g/mol. The van der Waals surface area contributed by atoms with Gasteiger partial charge in [-0.3, -0.25) is 4.99 Å². The number of fused-ring (bicyclic) bond motifs is 1. The van der Waals surface area contributed by atoms with Gasteiger partial charge in [0.05, 0.1) is 10.7 Å². The highest BCUT2D eigenvalue weighted by Crippen LogP contribution is 2.15. The summed E-state index contributed by atoms with van der Waals surface area (Å²) in [5, 5.41) is 11.3. The maximum absolute atomic E-state index is 4.69. The fourth-order valence-corrected chi connectivity index (χ4v) is 3.59. The first-order chi connectivity index (χ1) is 12.8. The number of aromatic nitrogens is 2. The van der Waals surface area contributed by atoms with E-state index in [0.29, 0.717) is 0 Å². The summed E-state index contributed by atoms with van der Waals surface area (Å²) in [7, 11) is 0. The van der Waals surface area contributed by atoms with Crippen molar-refractivity contribution in [2.75, 3.05) is 19.6 Å². The van der Waals surface area contributed by atoms with Gasteiger partial charge in [0, 0.05) is 49.7 Å². The van der Waals surface area contributed by atoms with Gasteiger partial charge in [0.15, 0.2) is 5.96 Å². The van der Waals surface area contributed by atoms with E-state index in [0.717, 1.165) is 55.7 Å². The highest BCUT2D eigenvalue weighted by Gasteiger charge is 2.02. The van der Waals surface area contributed by atoms with Crippen LogP contribution in [-0.2, 0) is 13.0 Å². The summed E-state index contributed by atoms with van der Waals surface area (Å²) in [5.41, 5.74) is 2.44. The van der Waals surface area contributed by atoms with Crippen LogP contribution in [0.1, 0.15) is 24.0 Å². The number of thiazole rings is 1. The van der Waals surface area contributed by atoms with Gasteiger partial charge < -0.3 is 15.2 Å². The third-order valence-corrected chi connectivity index (χ3v) is 5.01. The predicted molar refractivity (Wildman–Crippen MR) is 111 cm³/mol. The van der Waals surface area contributed by atoms with Gasteiger partial charge in [0.1, 0.15) is 0 Å². The normalized spacial score (nSPS) is 11.8. The van der Waals surface area contributed by atoms with Crippen molar-refractivity contribution in [2.45, 2.75) is 33.2 Å². The summed E-state index contributed by atoms with van der Waals surface area (Å²) < 4.78 is 2.30. The smallest absolute Gasteiger partial charge is 0.191 e. The molecular formula is C20H27N5S. The van der Waals surface area contributed by atoms with Crippen LogP contribution >= 0.6 is 11.3 Å². The maximum atomic E-state index is 4.69. The first kappa shape index (κ1) is 18.5. The molecule has 26 heavy (non-hydrogen) atoms. The predicted octanol–water partition coefficient (Wildman–Crippen LogP) is 3.59. The molecule has 0 fully saturated rings. The summed E-state index contributed by atoms with van der Waals surface area (Å²) >= 11 is 1.70. The van der Waals surface area contributed by atoms with E-state index in [4.69, 9.17) is 4.99 Å². The number of rotatable bonds is 8. The lowest BCUT2D eigenvalue weighted by molar-refractivity contribution is 0.666. The van der Waals surface area contributed by atoms with Gasteiger partial charge >= 0.3 is 0 Å². The number of aliphatic imine (C=N–C) groups is 1. The first-order valence-electron chi connectivity index (χ1n) is 9.23. The molecule has 0 atom stereocenters. The summed E-state index contributed by atoms with van der Waals surface area (Å²) in [6, 6.07) is 10.7. The van der Waals surface area contributed by atoms with Crippen LogP contribution < -0.4 is 10.6 Å². The highest BCUT2D eigenvalue weighted by molar-refractivity contribution is 7.09. The zero-order valence-corrected chi connectivity index (χ0v) is 16.4. The van der Waals surface area contributed by atoms with Crippen molar-refractivity contribution in [2.24, 2.45) is 4.99 Å². The average molecular weight is 370 g/mol. The number of benzene rings is 1. The zero-order chi connectivity index (χ0) is 18.2. The fourth-order valence-electron chi connectivity index (χ4n) is 2.94. The molecule has 0 amide bonds. The standard InChI is InChI=1S/C20H27N5S/c1-3-21-20(23-12-9-18-15-26-16(2)24-18)22-11-6-13-25-14-10-17-7-4-5-8-19(17)25/h4-5,7-8,10,14-15H,3,6,9,11-13H2,1-2H3,(H2,21,22,23). The molecule has 0 aliphatic rings. The van der Waals surface area contributed by atoms with E-state index in [2.05, 4.69) is 69.0 Å². The van der Waals surface area contributed by atoms with E-state index in [1.807, 2.05) is 6.92 Å². The number of nitrogens with one attached hydrogen (secondary N) is 2. The van der Waals surface area contributed by atoms with Crippen molar-refractivity contribution >= 4 is 28.2 Å². The molecule has 3 rings (SSSR count). The minimum atomic E-state index is 0.803. The zero-order valence-electron chi connectivity index (χ0n) is 15.5. The van der Waals surface area contributed by atoms with Crippen LogP contribution in [0.4, 0.5) is 0 Å². The topological polar surface area (TPSA) is 54.2 Å². The van der Waals surface area contributed by atoms with E-state index in [1.165, 1.54) is 10.9 Å². The molecule has 0 saturated heterocycles. The molecule has 6 heteroatoms. The Balaban J connectivity index is 1.46. The minimum Gasteiger partial charge on any atom is -0.357 e. The second-order valence-corrected chi connectivity index (χ2v) is 7.28. The van der Waals surface area contributed by atoms with Gasteiger partial charge in [-0.15, -0.1) is 11.3 Å². The molecule has 2 heterocycles. The Morgan fingerprint density at radius 1 is 1.23 bits per heavy atom. The van der Waals surface area contributed by atoms with E-state index >= 15 is 0 Å². The molecule has 0 saturated carbocycles. The third-order valence-electron chi connectivity index (χ3n) is 4.19. The van der Waals surface area contributed by atoms with Crippen molar-refractivity contribution in [3.05, 3.63) is 52.6 Å². The number of hydrogen-bond donors (Lipinski definition) is 2. The Morgan fingerprint density at radius 2 is 2.12 bits per heavy atom. The van der Waals surface area contributed by atoms with Crippen molar-refractivity contribution in [1.29, 1.82) is 0 Å². The lowest BCUT2D eigenvalue weighted by atomic mass is 10.2. The van der Waals surface area contributed by atoms with Crippen LogP contribution in [0.5, 0.6) is 0 Å². The van der Waals surface area contributed by atoms with E-state index in [9.17, 15) is 0 Å². The molecule has 2 aromatic heterocycles. The summed E-state index contributed by atoms with van der Waals surface area (Å²) in [6.45, 7) is 7.63. The van der Waals surface area contributed by atoms with E-state index < -0.39 is 0 Å². The Bertz CT molecular complexity index is 849. The lowest BCUT2D eigenvalue weighted by Crippen LogP contribution is -2.38. The first-order valence-corrected chi connectivity index (χ1v) is 10.1. The van der Waals surface area contributed by atoms with Gasteiger partial charge in [-0.05, 0) is 37.8 Å². The Hall–Kier alpha value is -2.34. The SMILES string of the molecule is CCNC(=NCCCn1ccc2ccccc21)NCCc1csc(C)n1. The van der Waals surface area contributed by atoms with Crippen LogP contribution in [0, 0.1) is 6.92 Å². The highest BCUT2D eigenvalue weighted by atomic mass is 32.1. The number of aryl methyl sites for hydroxylation is 2. The second kappa shape index (κ2) is 9.38. The van der Waals surface area contributed by atoms with Crippen LogP contribution in [0.25, 0.3) is 10.9 Å². The second-order valence-electron chi connectivity index (χ2n) is 6.22. The van der Waals surface area contributed by atoms with Crippen LogP contribution in [0.15, 0.2) is 46.9 Å². The number of hydrogen-bond acceptors (Lipinski definition) is 3. The van der Waals surface area contributed by atoms with Gasteiger partial charge in [-0.25, -0.2) is 4.98 Å². The van der Waals surface area contributed by atoms with E-state index in [1.54, 1.807) is 11.3 Å². The van der Waals surface area contributed by atoms with Gasteiger partial charge in [0.2, 0.25) is 0 Å². The Labute approximate surface area is 159 Å². The van der Waals surface area contributed by atoms with Crippen molar-refractivity contribution < 1.29 is 0 Å². The quantitative estimate of drug-likeness (QED) is 0.362. The van der Waals surface area contributed by atoms with Crippen LogP contribution in [0.3, 0.4) is 0 Å². The molecule has 0 aliphatic carbocycles. The average Bonchev–Trinajstić information content (AvgIpc) is 3.25. The molecule has 0 radical (unpaired) electrons. The molecule has 138 valence electrons. The van der Waals surface area contributed by atoms with Gasteiger partial charge in [0.25, 0.3) is 0 Å². The molecule has 3 aromatic rings. The Kier molecular flexibility index (Phi) is 6.66. The van der Waals surface area contributed by atoms with E-state index in [-0.39, 0.29) is 0 Å². The maximum Gasteiger partial charge on any atom is 0.191 e. The molecule has 0 unspecified atom stereocenters.